The molecule has 3 aromatic rings. The van der Waals surface area contributed by atoms with Gasteiger partial charge in [0.15, 0.2) is 5.65 Å². The van der Waals surface area contributed by atoms with Crippen molar-refractivity contribution in [1.29, 1.82) is 0 Å². The second kappa shape index (κ2) is 3.84. The zero-order valence-corrected chi connectivity index (χ0v) is 10.4. The Morgan fingerprint density at radius 2 is 1.89 bits per heavy atom. The first-order valence-corrected chi connectivity index (χ1v) is 5.80. The van der Waals surface area contributed by atoms with E-state index in [1.807, 2.05) is 55.1 Å². The van der Waals surface area contributed by atoms with Crippen molar-refractivity contribution in [3.8, 4) is 11.4 Å². The Bertz CT molecular complexity index is 710. The summed E-state index contributed by atoms with van der Waals surface area (Å²) >= 11 is 0. The molecule has 3 rings (SSSR count). The van der Waals surface area contributed by atoms with Gasteiger partial charge in [-0.15, -0.1) is 0 Å². The third kappa shape index (κ3) is 1.62. The van der Waals surface area contributed by atoms with Crippen molar-refractivity contribution in [3.05, 3.63) is 42.1 Å². The van der Waals surface area contributed by atoms with Crippen LogP contribution in [0.4, 0.5) is 5.69 Å². The molecular weight excluding hydrogens is 224 g/mol. The molecule has 0 saturated carbocycles. The van der Waals surface area contributed by atoms with Gasteiger partial charge in [-0.25, -0.2) is 9.97 Å². The second-order valence-corrected chi connectivity index (χ2v) is 4.47. The lowest BCUT2D eigenvalue weighted by molar-refractivity contribution is 0.941. The van der Waals surface area contributed by atoms with E-state index < -0.39 is 0 Å². The van der Waals surface area contributed by atoms with Crippen LogP contribution in [0.1, 0.15) is 5.56 Å². The number of pyridine rings is 1. The van der Waals surface area contributed by atoms with Crippen LogP contribution >= 0.6 is 0 Å². The summed E-state index contributed by atoms with van der Waals surface area (Å²) in [6, 6.07) is 9.76. The topological polar surface area (TPSA) is 56.7 Å². The summed E-state index contributed by atoms with van der Waals surface area (Å²) in [5.41, 5.74) is 10.4. The molecule has 0 spiro atoms. The van der Waals surface area contributed by atoms with Gasteiger partial charge < -0.3 is 10.3 Å². The summed E-state index contributed by atoms with van der Waals surface area (Å²) in [5, 5.41) is 0. The molecule has 0 fully saturated rings. The highest BCUT2D eigenvalue weighted by molar-refractivity contribution is 5.77. The minimum absolute atomic E-state index is 0.756. The Morgan fingerprint density at radius 1 is 1.17 bits per heavy atom. The van der Waals surface area contributed by atoms with Gasteiger partial charge in [0.25, 0.3) is 0 Å². The molecule has 0 unspecified atom stereocenters. The van der Waals surface area contributed by atoms with Crippen LogP contribution in [0, 0.1) is 6.92 Å². The maximum atomic E-state index is 5.70. The number of aromatic nitrogens is 3. The standard InChI is InChI=1S/C14H14N4/c1-9-7-12-14(16-8-9)18(2)13(17-12)10-3-5-11(15)6-4-10/h3-8H,15H2,1-2H3. The van der Waals surface area contributed by atoms with Crippen LogP contribution in [0.25, 0.3) is 22.6 Å². The van der Waals surface area contributed by atoms with Gasteiger partial charge in [0.05, 0.1) is 0 Å². The molecule has 0 aliphatic carbocycles. The molecule has 2 aromatic heterocycles. The summed E-state index contributed by atoms with van der Waals surface area (Å²) in [6.45, 7) is 2.02. The molecule has 0 aliphatic rings. The normalized spacial score (nSPS) is 11.0. The molecule has 4 heteroatoms. The molecule has 0 amide bonds. The van der Waals surface area contributed by atoms with Crippen molar-refractivity contribution < 1.29 is 0 Å². The number of rotatable bonds is 1. The Morgan fingerprint density at radius 3 is 2.61 bits per heavy atom. The molecule has 0 bridgehead atoms. The van der Waals surface area contributed by atoms with E-state index in [9.17, 15) is 0 Å². The number of hydrogen-bond acceptors (Lipinski definition) is 3. The van der Waals surface area contributed by atoms with Crippen LogP contribution in [-0.4, -0.2) is 14.5 Å². The number of anilines is 1. The minimum atomic E-state index is 0.756. The molecule has 2 heterocycles. The van der Waals surface area contributed by atoms with Gasteiger partial charge in [0.2, 0.25) is 0 Å². The van der Waals surface area contributed by atoms with Crippen molar-refractivity contribution in [2.75, 3.05) is 5.73 Å². The predicted octanol–water partition coefficient (Wildman–Crippen LogP) is 2.53. The minimum Gasteiger partial charge on any atom is -0.399 e. The first-order chi connectivity index (χ1) is 8.65. The van der Waals surface area contributed by atoms with E-state index in [1.165, 1.54) is 0 Å². The summed E-state index contributed by atoms with van der Waals surface area (Å²) in [6.07, 6.45) is 1.86. The van der Waals surface area contributed by atoms with E-state index in [0.717, 1.165) is 33.8 Å². The fraction of sp³-hybridized carbons (Fsp3) is 0.143. The van der Waals surface area contributed by atoms with E-state index >= 15 is 0 Å². The average Bonchev–Trinajstić information content (AvgIpc) is 2.67. The number of benzene rings is 1. The fourth-order valence-electron chi connectivity index (χ4n) is 2.07. The molecule has 4 nitrogen and oxygen atoms in total. The van der Waals surface area contributed by atoms with Gasteiger partial charge in [0, 0.05) is 24.5 Å². The third-order valence-corrected chi connectivity index (χ3v) is 3.01. The third-order valence-electron chi connectivity index (χ3n) is 3.01. The molecule has 0 radical (unpaired) electrons. The first-order valence-electron chi connectivity index (χ1n) is 5.80. The average molecular weight is 238 g/mol. The smallest absolute Gasteiger partial charge is 0.160 e. The van der Waals surface area contributed by atoms with Crippen molar-refractivity contribution in [3.63, 3.8) is 0 Å². The maximum Gasteiger partial charge on any atom is 0.160 e. The highest BCUT2D eigenvalue weighted by Gasteiger charge is 2.10. The molecule has 2 N–H and O–H groups in total. The molecule has 0 atom stereocenters. The quantitative estimate of drug-likeness (QED) is 0.663. The Hall–Kier alpha value is -2.36. The first kappa shape index (κ1) is 10.8. The van der Waals surface area contributed by atoms with Crippen LogP contribution in [0.5, 0.6) is 0 Å². The van der Waals surface area contributed by atoms with Gasteiger partial charge in [-0.05, 0) is 42.8 Å². The van der Waals surface area contributed by atoms with E-state index in [0.29, 0.717) is 0 Å². The number of aryl methyl sites for hydroxylation is 2. The van der Waals surface area contributed by atoms with Gasteiger partial charge in [-0.2, -0.15) is 0 Å². The van der Waals surface area contributed by atoms with E-state index in [4.69, 9.17) is 5.73 Å². The summed E-state index contributed by atoms with van der Waals surface area (Å²) in [5.74, 6) is 0.906. The molecule has 18 heavy (non-hydrogen) atoms. The predicted molar refractivity (Wildman–Crippen MR) is 73.1 cm³/mol. The van der Waals surface area contributed by atoms with E-state index in [-0.39, 0.29) is 0 Å². The second-order valence-electron chi connectivity index (χ2n) is 4.47. The van der Waals surface area contributed by atoms with Crippen LogP contribution < -0.4 is 5.73 Å². The zero-order valence-electron chi connectivity index (χ0n) is 10.4. The lowest BCUT2D eigenvalue weighted by atomic mass is 10.2. The molecule has 0 aliphatic heterocycles. The molecule has 0 saturated heterocycles. The van der Waals surface area contributed by atoms with Crippen LogP contribution in [0.3, 0.4) is 0 Å². The Balaban J connectivity index is 2.23. The van der Waals surface area contributed by atoms with Crippen LogP contribution in [-0.2, 0) is 7.05 Å². The maximum absolute atomic E-state index is 5.70. The van der Waals surface area contributed by atoms with Gasteiger partial charge in [0.1, 0.15) is 11.3 Å². The fourth-order valence-corrected chi connectivity index (χ4v) is 2.07. The molecule has 1 aromatic carbocycles. The lowest BCUT2D eigenvalue weighted by Crippen LogP contribution is -1.94. The Kier molecular flexibility index (Phi) is 2.30. The zero-order chi connectivity index (χ0) is 12.7. The van der Waals surface area contributed by atoms with Gasteiger partial charge in [-0.1, -0.05) is 0 Å². The van der Waals surface area contributed by atoms with Crippen molar-refractivity contribution in [1.82, 2.24) is 14.5 Å². The largest absolute Gasteiger partial charge is 0.399 e. The lowest BCUT2D eigenvalue weighted by Gasteiger charge is -2.02. The van der Waals surface area contributed by atoms with E-state index in [1.54, 1.807) is 0 Å². The van der Waals surface area contributed by atoms with Crippen molar-refractivity contribution in [2.45, 2.75) is 6.92 Å². The molecule has 90 valence electrons. The highest BCUT2D eigenvalue weighted by Crippen LogP contribution is 2.23. The van der Waals surface area contributed by atoms with Gasteiger partial charge >= 0.3 is 0 Å². The Labute approximate surface area is 105 Å². The molecular formula is C14H14N4. The summed E-state index contributed by atoms with van der Waals surface area (Å²) < 4.78 is 2.00. The number of nitrogens with zero attached hydrogens (tertiary/aromatic N) is 3. The summed E-state index contributed by atoms with van der Waals surface area (Å²) in [4.78, 5) is 9.05. The highest BCUT2D eigenvalue weighted by atomic mass is 15.1. The monoisotopic (exact) mass is 238 g/mol. The number of imidazole rings is 1. The summed E-state index contributed by atoms with van der Waals surface area (Å²) in [7, 11) is 1.98. The van der Waals surface area contributed by atoms with E-state index in [2.05, 4.69) is 9.97 Å². The van der Waals surface area contributed by atoms with Crippen molar-refractivity contribution >= 4 is 16.9 Å². The van der Waals surface area contributed by atoms with Crippen LogP contribution in [0.15, 0.2) is 36.5 Å². The van der Waals surface area contributed by atoms with Crippen molar-refractivity contribution in [2.24, 2.45) is 7.05 Å². The van der Waals surface area contributed by atoms with Gasteiger partial charge in [-0.3, -0.25) is 0 Å². The SMILES string of the molecule is Cc1cnc2c(c1)nc(-c1ccc(N)cc1)n2C. The number of hydrogen-bond donors (Lipinski definition) is 1. The number of nitrogens with two attached hydrogens (primary N) is 1. The number of nitrogen functional groups attached to an aromatic ring is 1. The van der Waals surface area contributed by atoms with Crippen LogP contribution in [0.2, 0.25) is 0 Å². The number of fused-ring (bicyclic) bond motifs is 1.